The molecule has 0 radical (unpaired) electrons. The van der Waals surface area contributed by atoms with E-state index in [-0.39, 0.29) is 30.2 Å². The van der Waals surface area contributed by atoms with E-state index in [9.17, 15) is 19.4 Å². The second-order valence-electron chi connectivity index (χ2n) is 9.87. The van der Waals surface area contributed by atoms with E-state index in [2.05, 4.69) is 24.3 Å². The molecule has 35 heavy (non-hydrogen) atoms. The fraction of sp³-hybridized carbons (Fsp3) is 0.367. The molecule has 2 aromatic rings. The Morgan fingerprint density at radius 1 is 1.00 bits per heavy atom. The van der Waals surface area contributed by atoms with Crippen LogP contribution in [0.1, 0.15) is 61.6 Å². The zero-order valence-electron chi connectivity index (χ0n) is 19.8. The molecule has 3 aliphatic rings. The number of halogens is 1. The minimum Gasteiger partial charge on any atom is -0.458 e. The molecule has 2 aliphatic carbocycles. The SMILES string of the molecule is O=C1CC(O)CC(C=CC2=C(c3ccc(F)cc3)C=C(c3ccc(CO)cc3)C23CCCCC3)O1. The zero-order valence-corrected chi connectivity index (χ0v) is 19.8. The molecule has 1 aliphatic heterocycles. The van der Waals surface area contributed by atoms with Crippen molar-refractivity contribution in [2.24, 2.45) is 5.41 Å². The van der Waals surface area contributed by atoms with Crippen LogP contribution in [0.5, 0.6) is 0 Å². The van der Waals surface area contributed by atoms with Gasteiger partial charge < -0.3 is 14.9 Å². The van der Waals surface area contributed by atoms with Gasteiger partial charge in [-0.05, 0) is 70.5 Å². The summed E-state index contributed by atoms with van der Waals surface area (Å²) in [6.45, 7) is 0.00347. The Balaban J connectivity index is 1.61. The molecule has 182 valence electrons. The Morgan fingerprint density at radius 2 is 1.69 bits per heavy atom. The summed E-state index contributed by atoms with van der Waals surface area (Å²) in [5.74, 6) is -0.656. The zero-order chi connectivity index (χ0) is 24.4. The molecule has 1 saturated carbocycles. The van der Waals surface area contributed by atoms with Gasteiger partial charge in [-0.1, -0.05) is 61.7 Å². The molecule has 5 rings (SSSR count). The Hall–Kier alpha value is -3.02. The molecule has 2 N–H and O–H groups in total. The number of carbonyl (C=O) groups excluding carboxylic acids is 1. The highest BCUT2D eigenvalue weighted by molar-refractivity contribution is 5.96. The second kappa shape index (κ2) is 9.92. The summed E-state index contributed by atoms with van der Waals surface area (Å²) in [7, 11) is 0. The van der Waals surface area contributed by atoms with E-state index < -0.39 is 12.2 Å². The average molecular weight is 475 g/mol. The average Bonchev–Trinajstić information content (AvgIpc) is 3.16. The number of aliphatic hydroxyl groups excluding tert-OH is 2. The lowest BCUT2D eigenvalue weighted by molar-refractivity contribution is -0.156. The van der Waals surface area contributed by atoms with Crippen LogP contribution in [0.3, 0.4) is 0 Å². The molecule has 0 bridgehead atoms. The topological polar surface area (TPSA) is 66.8 Å². The molecule has 2 unspecified atom stereocenters. The number of benzene rings is 2. The molecule has 4 nitrogen and oxygen atoms in total. The minimum absolute atomic E-state index is 0.00347. The van der Waals surface area contributed by atoms with Crippen molar-refractivity contribution in [2.45, 2.75) is 63.8 Å². The number of esters is 1. The Morgan fingerprint density at radius 3 is 2.34 bits per heavy atom. The van der Waals surface area contributed by atoms with E-state index in [1.54, 1.807) is 0 Å². The van der Waals surface area contributed by atoms with Crippen LogP contribution < -0.4 is 0 Å². The van der Waals surface area contributed by atoms with Crippen LogP contribution >= 0.6 is 0 Å². The van der Waals surface area contributed by atoms with Crippen molar-refractivity contribution in [1.82, 2.24) is 0 Å². The van der Waals surface area contributed by atoms with E-state index >= 15 is 0 Å². The molecule has 2 atom stereocenters. The normalized spacial score (nSPS) is 24.2. The van der Waals surface area contributed by atoms with Gasteiger partial charge in [0.15, 0.2) is 0 Å². The largest absolute Gasteiger partial charge is 0.458 e. The van der Waals surface area contributed by atoms with Gasteiger partial charge in [0.2, 0.25) is 0 Å². The molecule has 1 saturated heterocycles. The third-order valence-electron chi connectivity index (χ3n) is 7.59. The van der Waals surface area contributed by atoms with Crippen molar-refractivity contribution in [2.75, 3.05) is 0 Å². The number of hydrogen-bond donors (Lipinski definition) is 2. The van der Waals surface area contributed by atoms with Crippen molar-refractivity contribution in [3.05, 3.63) is 94.8 Å². The van der Waals surface area contributed by atoms with Gasteiger partial charge in [0.05, 0.1) is 19.1 Å². The number of rotatable bonds is 5. The molecule has 0 amide bonds. The Bertz CT molecular complexity index is 1170. The number of allylic oxidation sites excluding steroid dienone is 5. The maximum Gasteiger partial charge on any atom is 0.309 e. The number of ether oxygens (including phenoxy) is 1. The lowest BCUT2D eigenvalue weighted by Gasteiger charge is -2.39. The van der Waals surface area contributed by atoms with E-state index in [0.29, 0.717) is 6.42 Å². The van der Waals surface area contributed by atoms with Gasteiger partial charge >= 0.3 is 5.97 Å². The predicted octanol–water partition coefficient (Wildman–Crippen LogP) is 5.74. The quantitative estimate of drug-likeness (QED) is 0.542. The maximum absolute atomic E-state index is 13.8. The fourth-order valence-electron chi connectivity index (χ4n) is 5.85. The first-order valence-corrected chi connectivity index (χ1v) is 12.5. The highest BCUT2D eigenvalue weighted by atomic mass is 19.1. The summed E-state index contributed by atoms with van der Waals surface area (Å²) in [5.41, 5.74) is 6.17. The third-order valence-corrected chi connectivity index (χ3v) is 7.59. The van der Waals surface area contributed by atoms with Crippen molar-refractivity contribution in [3.8, 4) is 0 Å². The van der Waals surface area contributed by atoms with Gasteiger partial charge in [-0.25, -0.2) is 4.39 Å². The van der Waals surface area contributed by atoms with E-state index in [1.165, 1.54) is 24.1 Å². The molecule has 5 heteroatoms. The monoisotopic (exact) mass is 474 g/mol. The second-order valence-corrected chi connectivity index (χ2v) is 9.87. The first-order chi connectivity index (χ1) is 17.0. The predicted molar refractivity (Wildman–Crippen MR) is 133 cm³/mol. The summed E-state index contributed by atoms with van der Waals surface area (Å²) in [6, 6.07) is 14.7. The van der Waals surface area contributed by atoms with Crippen LogP contribution in [0.2, 0.25) is 0 Å². The Labute approximate surface area is 205 Å². The van der Waals surface area contributed by atoms with E-state index in [1.807, 2.05) is 30.3 Å². The molecular weight excluding hydrogens is 443 g/mol. The van der Waals surface area contributed by atoms with Crippen LogP contribution in [0.15, 0.2) is 72.3 Å². The highest BCUT2D eigenvalue weighted by Crippen LogP contribution is 2.58. The first-order valence-electron chi connectivity index (χ1n) is 12.5. The molecule has 1 spiro atoms. The number of hydrogen-bond acceptors (Lipinski definition) is 4. The number of cyclic esters (lactones) is 1. The summed E-state index contributed by atoms with van der Waals surface area (Å²) in [6.07, 6.45) is 10.9. The van der Waals surface area contributed by atoms with Crippen molar-refractivity contribution < 1.29 is 24.1 Å². The van der Waals surface area contributed by atoms with E-state index in [0.717, 1.165) is 53.5 Å². The van der Waals surface area contributed by atoms with Gasteiger partial charge in [-0.15, -0.1) is 0 Å². The first kappa shape index (κ1) is 23.7. The van der Waals surface area contributed by atoms with Gasteiger partial charge in [0.1, 0.15) is 11.9 Å². The van der Waals surface area contributed by atoms with Crippen molar-refractivity contribution in [1.29, 1.82) is 0 Å². The summed E-state index contributed by atoms with van der Waals surface area (Å²) >= 11 is 0. The van der Waals surface area contributed by atoms with Crippen LogP contribution in [0.25, 0.3) is 11.1 Å². The highest BCUT2D eigenvalue weighted by Gasteiger charge is 2.44. The number of aliphatic hydroxyl groups is 2. The van der Waals surface area contributed by atoms with Gasteiger partial charge in [-0.3, -0.25) is 4.79 Å². The molecule has 2 fully saturated rings. The lowest BCUT2D eigenvalue weighted by Crippen LogP contribution is -2.31. The minimum atomic E-state index is -0.692. The maximum atomic E-state index is 13.8. The Kier molecular flexibility index (Phi) is 6.72. The molecular formula is C30H31FO4. The van der Waals surface area contributed by atoms with Crippen LogP contribution in [-0.4, -0.2) is 28.4 Å². The van der Waals surface area contributed by atoms with Gasteiger partial charge in [0.25, 0.3) is 0 Å². The van der Waals surface area contributed by atoms with Crippen molar-refractivity contribution in [3.63, 3.8) is 0 Å². The summed E-state index contributed by atoms with van der Waals surface area (Å²) in [5, 5.41) is 19.6. The van der Waals surface area contributed by atoms with Crippen LogP contribution in [0.4, 0.5) is 4.39 Å². The van der Waals surface area contributed by atoms with Crippen LogP contribution in [-0.2, 0) is 16.1 Å². The third kappa shape index (κ3) is 4.75. The summed E-state index contributed by atoms with van der Waals surface area (Å²) in [4.78, 5) is 11.9. The fourth-order valence-corrected chi connectivity index (χ4v) is 5.85. The smallest absolute Gasteiger partial charge is 0.309 e. The van der Waals surface area contributed by atoms with E-state index in [4.69, 9.17) is 4.74 Å². The van der Waals surface area contributed by atoms with Crippen molar-refractivity contribution >= 4 is 17.1 Å². The lowest BCUT2D eigenvalue weighted by atomic mass is 9.64. The van der Waals surface area contributed by atoms with Crippen LogP contribution in [0, 0.1) is 11.2 Å². The van der Waals surface area contributed by atoms with Gasteiger partial charge in [-0.2, -0.15) is 0 Å². The standard InChI is InChI=1S/C30H31FO4/c31-23-10-8-21(9-11-23)26-18-28(22-6-4-20(19-32)5-7-22)30(14-2-1-3-15-30)27(26)13-12-25-16-24(33)17-29(34)35-25/h4-13,18,24-25,32-33H,1-3,14-17,19H2. The van der Waals surface area contributed by atoms with Gasteiger partial charge in [0, 0.05) is 11.8 Å². The molecule has 1 heterocycles. The number of carbonyl (C=O) groups is 1. The molecule has 2 aromatic carbocycles. The summed E-state index contributed by atoms with van der Waals surface area (Å²) < 4.78 is 19.2. The molecule has 0 aromatic heterocycles.